The van der Waals surface area contributed by atoms with Crippen LogP contribution in [0.25, 0.3) is 10.8 Å². The van der Waals surface area contributed by atoms with E-state index in [1.54, 1.807) is 0 Å². The fourth-order valence-corrected chi connectivity index (χ4v) is 3.16. The highest BCUT2D eigenvalue weighted by atomic mass is 16.5. The van der Waals surface area contributed by atoms with Crippen LogP contribution in [0.5, 0.6) is 23.0 Å². The highest BCUT2D eigenvalue weighted by Crippen LogP contribution is 2.45. The third kappa shape index (κ3) is 7.00. The van der Waals surface area contributed by atoms with Crippen molar-refractivity contribution in [3.8, 4) is 23.0 Å². The molecule has 0 bridgehead atoms. The summed E-state index contributed by atoms with van der Waals surface area (Å²) in [6, 6.07) is 8.06. The molecule has 0 aliphatic carbocycles. The van der Waals surface area contributed by atoms with Gasteiger partial charge in [-0.1, -0.05) is 53.4 Å². The molecule has 4 nitrogen and oxygen atoms in total. The van der Waals surface area contributed by atoms with E-state index in [2.05, 4.69) is 27.7 Å². The zero-order valence-electron chi connectivity index (χ0n) is 19.4. The molecule has 0 unspecified atom stereocenters. The van der Waals surface area contributed by atoms with Gasteiger partial charge in [0.1, 0.15) is 23.0 Å². The maximum absolute atomic E-state index is 6.18. The molecule has 0 atom stereocenters. The minimum absolute atomic E-state index is 0.691. The van der Waals surface area contributed by atoms with Crippen LogP contribution in [0.2, 0.25) is 0 Å². The number of unbranched alkanes of at least 4 members (excludes halogenated alkanes) is 4. The Morgan fingerprint density at radius 2 is 0.667 bits per heavy atom. The Kier molecular flexibility index (Phi) is 11.3. The number of ether oxygens (including phenoxy) is 4. The van der Waals surface area contributed by atoms with Gasteiger partial charge in [0, 0.05) is 0 Å². The Bertz CT molecular complexity index is 620. The normalized spacial score (nSPS) is 10.9. The summed E-state index contributed by atoms with van der Waals surface area (Å²) >= 11 is 0. The fraction of sp³-hybridized carbons (Fsp3) is 0.615. The molecule has 0 heterocycles. The highest BCUT2D eigenvalue weighted by molar-refractivity contribution is 6.02. The summed E-state index contributed by atoms with van der Waals surface area (Å²) in [5.41, 5.74) is 0. The van der Waals surface area contributed by atoms with Crippen molar-refractivity contribution in [2.24, 2.45) is 0 Å². The minimum atomic E-state index is 0.691. The van der Waals surface area contributed by atoms with E-state index >= 15 is 0 Å². The first-order chi connectivity index (χ1) is 14.8. The van der Waals surface area contributed by atoms with Gasteiger partial charge in [-0.05, 0) is 49.9 Å². The Labute approximate surface area is 182 Å². The van der Waals surface area contributed by atoms with Crippen molar-refractivity contribution in [2.75, 3.05) is 26.4 Å². The average molecular weight is 417 g/mol. The number of rotatable bonds is 16. The van der Waals surface area contributed by atoms with E-state index in [-0.39, 0.29) is 0 Å². The largest absolute Gasteiger partial charge is 0.493 e. The van der Waals surface area contributed by atoms with E-state index in [4.69, 9.17) is 18.9 Å². The van der Waals surface area contributed by atoms with Crippen molar-refractivity contribution < 1.29 is 18.9 Å². The molecule has 0 saturated carbocycles. The summed E-state index contributed by atoms with van der Waals surface area (Å²) in [5.74, 6) is 3.37. The first-order valence-corrected chi connectivity index (χ1v) is 11.9. The molecular weight excluding hydrogens is 376 g/mol. The maximum Gasteiger partial charge on any atom is 0.131 e. The van der Waals surface area contributed by atoms with Gasteiger partial charge in [-0.25, -0.2) is 0 Å². The van der Waals surface area contributed by atoms with Crippen molar-refractivity contribution in [2.45, 2.75) is 79.1 Å². The van der Waals surface area contributed by atoms with Crippen LogP contribution in [0, 0.1) is 0 Å². The highest BCUT2D eigenvalue weighted by Gasteiger charge is 2.18. The zero-order chi connectivity index (χ0) is 21.6. The second kappa shape index (κ2) is 14.0. The van der Waals surface area contributed by atoms with Gasteiger partial charge in [0.05, 0.1) is 37.2 Å². The molecule has 30 heavy (non-hydrogen) atoms. The third-order valence-corrected chi connectivity index (χ3v) is 5.03. The lowest BCUT2D eigenvalue weighted by molar-refractivity contribution is 0.292. The standard InChI is InChI=1S/C26H40O4/c1-5-9-17-27-21-13-14-23(29-19-11-7-3)26-24(30-20-12-8-4)16-15-22(25(21)26)28-18-10-6-2/h13-16H,5-12,17-20H2,1-4H3. The van der Waals surface area contributed by atoms with Crippen molar-refractivity contribution in [3.05, 3.63) is 24.3 Å². The molecule has 168 valence electrons. The summed E-state index contributed by atoms with van der Waals surface area (Å²) in [6.45, 7) is 11.5. The fourth-order valence-electron chi connectivity index (χ4n) is 3.16. The molecule has 0 amide bonds. The van der Waals surface area contributed by atoms with Crippen molar-refractivity contribution >= 4 is 10.8 Å². The predicted molar refractivity (Wildman–Crippen MR) is 126 cm³/mol. The molecule has 0 aromatic heterocycles. The molecule has 0 saturated heterocycles. The van der Waals surface area contributed by atoms with Gasteiger partial charge < -0.3 is 18.9 Å². The van der Waals surface area contributed by atoms with E-state index in [9.17, 15) is 0 Å². The molecule has 0 N–H and O–H groups in total. The summed E-state index contributed by atoms with van der Waals surface area (Å²) in [5, 5.41) is 1.93. The van der Waals surface area contributed by atoms with Crippen LogP contribution in [-0.4, -0.2) is 26.4 Å². The molecule has 0 spiro atoms. The molecule has 0 fully saturated rings. The molecular formula is C26H40O4. The first kappa shape index (κ1) is 24.2. The van der Waals surface area contributed by atoms with Gasteiger partial charge in [-0.2, -0.15) is 0 Å². The third-order valence-electron chi connectivity index (χ3n) is 5.03. The lowest BCUT2D eigenvalue weighted by Gasteiger charge is -2.19. The lowest BCUT2D eigenvalue weighted by Crippen LogP contribution is -2.05. The minimum Gasteiger partial charge on any atom is -0.493 e. The van der Waals surface area contributed by atoms with Gasteiger partial charge in [0.2, 0.25) is 0 Å². The van der Waals surface area contributed by atoms with E-state index in [0.29, 0.717) is 26.4 Å². The Balaban J connectivity index is 2.51. The summed E-state index contributed by atoms with van der Waals surface area (Å²) in [6.07, 6.45) is 8.49. The molecule has 0 radical (unpaired) electrons. The molecule has 0 aliphatic rings. The molecule has 0 aliphatic heterocycles. The molecule has 4 heteroatoms. The van der Waals surface area contributed by atoms with Gasteiger partial charge >= 0.3 is 0 Å². The van der Waals surface area contributed by atoms with Crippen LogP contribution in [0.1, 0.15) is 79.1 Å². The average Bonchev–Trinajstić information content (AvgIpc) is 2.76. The van der Waals surface area contributed by atoms with E-state index < -0.39 is 0 Å². The second-order valence-electron chi connectivity index (χ2n) is 7.68. The van der Waals surface area contributed by atoms with Crippen LogP contribution in [-0.2, 0) is 0 Å². The van der Waals surface area contributed by atoms with Crippen LogP contribution in [0.4, 0.5) is 0 Å². The topological polar surface area (TPSA) is 36.9 Å². The van der Waals surface area contributed by atoms with Crippen LogP contribution in [0.3, 0.4) is 0 Å². The molecule has 2 aromatic rings. The second-order valence-corrected chi connectivity index (χ2v) is 7.68. The monoisotopic (exact) mass is 416 g/mol. The lowest BCUT2D eigenvalue weighted by atomic mass is 10.1. The number of benzene rings is 2. The molecule has 2 aromatic carbocycles. The SMILES string of the molecule is CCCCOc1ccc(OCCCC)c2c(OCCCC)ccc(OCCCC)c12. The van der Waals surface area contributed by atoms with Gasteiger partial charge in [0.25, 0.3) is 0 Å². The van der Waals surface area contributed by atoms with E-state index in [1.807, 2.05) is 24.3 Å². The number of fused-ring (bicyclic) bond motifs is 1. The molecule has 2 rings (SSSR count). The van der Waals surface area contributed by atoms with Crippen molar-refractivity contribution in [1.29, 1.82) is 0 Å². The maximum atomic E-state index is 6.18. The van der Waals surface area contributed by atoms with Gasteiger partial charge in [-0.3, -0.25) is 0 Å². The Hall–Kier alpha value is -2.10. The summed E-state index contributed by atoms with van der Waals surface area (Å²) < 4.78 is 24.7. The zero-order valence-corrected chi connectivity index (χ0v) is 19.4. The van der Waals surface area contributed by atoms with Crippen LogP contribution in [0.15, 0.2) is 24.3 Å². The Morgan fingerprint density at radius 3 is 0.867 bits per heavy atom. The van der Waals surface area contributed by atoms with Gasteiger partial charge in [-0.15, -0.1) is 0 Å². The van der Waals surface area contributed by atoms with Crippen molar-refractivity contribution in [3.63, 3.8) is 0 Å². The van der Waals surface area contributed by atoms with Gasteiger partial charge in [0.15, 0.2) is 0 Å². The Morgan fingerprint density at radius 1 is 0.433 bits per heavy atom. The number of hydrogen-bond donors (Lipinski definition) is 0. The van der Waals surface area contributed by atoms with Crippen LogP contribution >= 0.6 is 0 Å². The summed E-state index contributed by atoms with van der Waals surface area (Å²) in [7, 11) is 0. The smallest absolute Gasteiger partial charge is 0.131 e. The van der Waals surface area contributed by atoms with E-state index in [1.165, 1.54) is 0 Å². The van der Waals surface area contributed by atoms with E-state index in [0.717, 1.165) is 85.1 Å². The van der Waals surface area contributed by atoms with Crippen LogP contribution < -0.4 is 18.9 Å². The van der Waals surface area contributed by atoms with Crippen molar-refractivity contribution in [1.82, 2.24) is 0 Å². The summed E-state index contributed by atoms with van der Waals surface area (Å²) in [4.78, 5) is 0. The number of hydrogen-bond acceptors (Lipinski definition) is 4. The first-order valence-electron chi connectivity index (χ1n) is 11.9. The quantitative estimate of drug-likeness (QED) is 0.265. The predicted octanol–water partition coefficient (Wildman–Crippen LogP) is 7.56.